The largest absolute Gasteiger partial charge is 0.464 e. The van der Waals surface area contributed by atoms with Crippen LogP contribution in [0, 0.1) is 0 Å². The third-order valence-electron chi connectivity index (χ3n) is 6.04. The van der Waals surface area contributed by atoms with E-state index in [4.69, 9.17) is 0 Å². The summed E-state index contributed by atoms with van der Waals surface area (Å²) in [7, 11) is 1.27. The van der Waals surface area contributed by atoms with Gasteiger partial charge in [0.2, 0.25) is 0 Å². The summed E-state index contributed by atoms with van der Waals surface area (Å²) in [4.78, 5) is 26.2. The van der Waals surface area contributed by atoms with Crippen molar-refractivity contribution in [3.63, 3.8) is 0 Å². The van der Waals surface area contributed by atoms with E-state index in [1.165, 1.54) is 23.1 Å². The predicted octanol–water partition coefficient (Wildman–Crippen LogP) is 2.49. The topological polar surface area (TPSA) is 89.4 Å². The van der Waals surface area contributed by atoms with Crippen LogP contribution in [0.15, 0.2) is 97.2 Å². The number of nitrogens with one attached hydrogen (secondary N) is 1. The minimum absolute atomic E-state index is 0.0407. The lowest BCUT2D eigenvalue weighted by molar-refractivity contribution is -0.127. The van der Waals surface area contributed by atoms with Gasteiger partial charge in [-0.2, -0.15) is 4.79 Å². The first-order chi connectivity index (χ1) is 16.6. The zero-order valence-corrected chi connectivity index (χ0v) is 18.5. The molecule has 0 bridgehead atoms. The van der Waals surface area contributed by atoms with Crippen molar-refractivity contribution in [3.05, 3.63) is 120 Å². The fourth-order valence-electron chi connectivity index (χ4n) is 4.35. The molecule has 34 heavy (non-hydrogen) atoms. The maximum atomic E-state index is 13.2. The Morgan fingerprint density at radius 1 is 0.912 bits per heavy atom. The molecular formula is C26H23N5O3. The molecule has 0 saturated carbocycles. The van der Waals surface area contributed by atoms with Crippen molar-refractivity contribution < 1.29 is 14.3 Å². The number of benzene rings is 3. The number of amides is 1. The molecule has 4 aromatic rings. The van der Waals surface area contributed by atoms with E-state index in [0.717, 1.165) is 16.7 Å². The number of β-lactam (4-membered cyclic amide) rings is 1. The first kappa shape index (κ1) is 21.5. The molecule has 1 unspecified atom stereocenters. The Morgan fingerprint density at radius 2 is 1.41 bits per heavy atom. The molecule has 1 fully saturated rings. The second-order valence-corrected chi connectivity index (χ2v) is 7.98. The van der Waals surface area contributed by atoms with Crippen molar-refractivity contribution in [2.24, 2.45) is 0 Å². The number of rotatable bonds is 7. The summed E-state index contributed by atoms with van der Waals surface area (Å²) in [6.07, 6.45) is 1.39. The first-order valence-electron chi connectivity index (χ1n) is 10.9. The number of hydrogen-bond donors (Lipinski definition) is 1. The standard InChI is InChI=1S/C26H23N5O3/c1-34-25(33)23-18-31(29-28-23)30-17-22(24(30)32)27-26(19-11-5-2-6-12-19,20-13-7-3-8-14-20)21-15-9-4-10-16-21/h2-16,18,22,27H,17H2,1H3. The van der Waals surface area contributed by atoms with Crippen molar-refractivity contribution in [1.82, 2.24) is 20.4 Å². The van der Waals surface area contributed by atoms with E-state index in [-0.39, 0.29) is 11.6 Å². The molecule has 1 saturated heterocycles. The van der Waals surface area contributed by atoms with Gasteiger partial charge in [0.1, 0.15) is 6.04 Å². The Hall–Kier alpha value is -4.30. The van der Waals surface area contributed by atoms with Gasteiger partial charge in [-0.15, -0.1) is 5.10 Å². The Balaban J connectivity index is 1.52. The van der Waals surface area contributed by atoms with Crippen LogP contribution in [0.5, 0.6) is 0 Å². The average Bonchev–Trinajstić information content (AvgIpc) is 3.39. The van der Waals surface area contributed by atoms with Gasteiger partial charge in [0, 0.05) is 0 Å². The van der Waals surface area contributed by atoms with Gasteiger partial charge >= 0.3 is 5.97 Å². The van der Waals surface area contributed by atoms with Crippen LogP contribution in [0.3, 0.4) is 0 Å². The third kappa shape index (κ3) is 3.64. The number of methoxy groups -OCH3 is 1. The molecule has 1 amide bonds. The maximum Gasteiger partial charge on any atom is 0.360 e. The molecule has 2 heterocycles. The first-order valence-corrected chi connectivity index (χ1v) is 10.9. The second-order valence-electron chi connectivity index (χ2n) is 7.98. The molecule has 1 aliphatic rings. The number of carbonyl (C=O) groups is 2. The van der Waals surface area contributed by atoms with Crippen LogP contribution < -0.4 is 10.3 Å². The number of aromatic nitrogens is 3. The van der Waals surface area contributed by atoms with E-state index < -0.39 is 17.6 Å². The summed E-state index contributed by atoms with van der Waals surface area (Å²) in [5.74, 6) is -0.779. The summed E-state index contributed by atoms with van der Waals surface area (Å²) in [6.45, 7) is 0.358. The van der Waals surface area contributed by atoms with Crippen molar-refractivity contribution in [2.45, 2.75) is 11.6 Å². The smallest absolute Gasteiger partial charge is 0.360 e. The highest BCUT2D eigenvalue weighted by molar-refractivity contribution is 5.98. The van der Waals surface area contributed by atoms with E-state index in [1.54, 1.807) is 0 Å². The van der Waals surface area contributed by atoms with Crippen LogP contribution in [-0.4, -0.2) is 46.7 Å². The molecule has 8 heteroatoms. The van der Waals surface area contributed by atoms with Gasteiger partial charge in [-0.25, -0.2) is 9.80 Å². The summed E-state index contributed by atoms with van der Waals surface area (Å²) in [5.41, 5.74) is 2.35. The molecule has 170 valence electrons. The molecule has 3 aromatic carbocycles. The van der Waals surface area contributed by atoms with E-state index in [0.29, 0.717) is 6.54 Å². The van der Waals surface area contributed by atoms with Gasteiger partial charge in [0.15, 0.2) is 5.69 Å². The fraction of sp³-hybridized carbons (Fsp3) is 0.154. The van der Waals surface area contributed by atoms with E-state index >= 15 is 0 Å². The van der Waals surface area contributed by atoms with Crippen LogP contribution in [0.4, 0.5) is 0 Å². The van der Waals surface area contributed by atoms with Crippen LogP contribution >= 0.6 is 0 Å². The van der Waals surface area contributed by atoms with Gasteiger partial charge in [-0.1, -0.05) is 91.0 Å². The second kappa shape index (κ2) is 8.92. The molecule has 8 nitrogen and oxygen atoms in total. The number of esters is 1. The van der Waals surface area contributed by atoms with Crippen LogP contribution in [0.1, 0.15) is 27.2 Å². The Morgan fingerprint density at radius 3 is 1.85 bits per heavy atom. The van der Waals surface area contributed by atoms with E-state index in [2.05, 4.69) is 56.8 Å². The molecule has 0 radical (unpaired) electrons. The van der Waals surface area contributed by atoms with Crippen molar-refractivity contribution in [1.29, 1.82) is 0 Å². The minimum Gasteiger partial charge on any atom is -0.464 e. The lowest BCUT2D eigenvalue weighted by Crippen LogP contribution is -2.70. The minimum atomic E-state index is -0.754. The van der Waals surface area contributed by atoms with E-state index in [9.17, 15) is 9.59 Å². The lowest BCUT2D eigenvalue weighted by Gasteiger charge is -2.45. The van der Waals surface area contributed by atoms with Crippen molar-refractivity contribution >= 4 is 11.9 Å². The molecule has 1 atom stereocenters. The highest BCUT2D eigenvalue weighted by atomic mass is 16.5. The quantitative estimate of drug-likeness (QED) is 0.263. The number of carbonyl (C=O) groups excluding carboxylic acids is 2. The van der Waals surface area contributed by atoms with E-state index in [1.807, 2.05) is 54.6 Å². The third-order valence-corrected chi connectivity index (χ3v) is 6.04. The average molecular weight is 454 g/mol. The normalized spacial score (nSPS) is 15.6. The van der Waals surface area contributed by atoms with Gasteiger partial charge in [0.25, 0.3) is 5.91 Å². The molecule has 5 rings (SSSR count). The molecule has 1 aliphatic heterocycles. The van der Waals surface area contributed by atoms with Gasteiger partial charge in [0.05, 0.1) is 25.4 Å². The number of nitrogens with zero attached hydrogens (tertiary/aromatic N) is 4. The zero-order chi connectivity index (χ0) is 23.5. The zero-order valence-electron chi connectivity index (χ0n) is 18.5. The number of ether oxygens (including phenoxy) is 1. The van der Waals surface area contributed by atoms with Crippen LogP contribution in [-0.2, 0) is 15.1 Å². The summed E-state index contributed by atoms with van der Waals surface area (Å²) in [5, 5.41) is 12.8. The fourth-order valence-corrected chi connectivity index (χ4v) is 4.35. The summed E-state index contributed by atoms with van der Waals surface area (Å²) in [6, 6.07) is 29.8. The molecule has 0 spiro atoms. The highest BCUT2D eigenvalue weighted by Crippen LogP contribution is 2.38. The predicted molar refractivity (Wildman–Crippen MR) is 126 cm³/mol. The Bertz CT molecular complexity index is 1200. The van der Waals surface area contributed by atoms with Crippen molar-refractivity contribution in [2.75, 3.05) is 18.7 Å². The van der Waals surface area contributed by atoms with Crippen LogP contribution in [0.25, 0.3) is 0 Å². The lowest BCUT2D eigenvalue weighted by atomic mass is 9.76. The van der Waals surface area contributed by atoms with Gasteiger partial charge in [-0.05, 0) is 21.9 Å². The summed E-state index contributed by atoms with van der Waals surface area (Å²) >= 11 is 0. The molecule has 1 N–H and O–H groups in total. The Labute approximate surface area is 196 Å². The number of hydrogen-bond acceptors (Lipinski definition) is 6. The molecule has 0 aliphatic carbocycles. The summed E-state index contributed by atoms with van der Waals surface area (Å²) < 4.78 is 4.67. The molecular weight excluding hydrogens is 430 g/mol. The SMILES string of the molecule is COC(=O)c1cn(N2CC(NC(c3ccccc3)(c3ccccc3)c3ccccc3)C2=O)nn1. The monoisotopic (exact) mass is 453 g/mol. The highest BCUT2D eigenvalue weighted by Gasteiger charge is 2.46. The van der Waals surface area contributed by atoms with Gasteiger partial charge in [-0.3, -0.25) is 10.1 Å². The Kier molecular flexibility index (Phi) is 5.65. The van der Waals surface area contributed by atoms with Gasteiger partial charge < -0.3 is 4.74 Å². The maximum absolute atomic E-state index is 13.2. The van der Waals surface area contributed by atoms with Crippen molar-refractivity contribution in [3.8, 4) is 0 Å². The van der Waals surface area contributed by atoms with Crippen LogP contribution in [0.2, 0.25) is 0 Å². The molecule has 1 aromatic heterocycles.